The van der Waals surface area contributed by atoms with Gasteiger partial charge in [0.1, 0.15) is 0 Å². The van der Waals surface area contributed by atoms with Gasteiger partial charge in [-0.05, 0) is 45.1 Å². The molecule has 0 aliphatic carbocycles. The van der Waals surface area contributed by atoms with E-state index in [1.54, 1.807) is 6.92 Å². The molecule has 0 saturated carbocycles. The quantitative estimate of drug-likeness (QED) is 0.602. The molecule has 3 atom stereocenters. The van der Waals surface area contributed by atoms with Gasteiger partial charge in [-0.3, -0.25) is 4.79 Å². The average Bonchev–Trinajstić information content (AvgIpc) is 2.13. The molecule has 0 aromatic heterocycles. The molecule has 4 nitrogen and oxygen atoms in total. The second-order valence-electron chi connectivity index (χ2n) is 5.49. The third-order valence-electron chi connectivity index (χ3n) is 2.71. The Kier molecular flexibility index (Phi) is 8.17. The summed E-state index contributed by atoms with van der Waals surface area (Å²) in [5.41, 5.74) is 5.66. The summed E-state index contributed by atoms with van der Waals surface area (Å²) in [5, 5.41) is 12.1. The molecule has 0 radical (unpaired) electrons. The molecule has 4 heteroatoms. The maximum atomic E-state index is 11.7. The zero-order valence-electron chi connectivity index (χ0n) is 11.6. The fourth-order valence-corrected chi connectivity index (χ4v) is 2.10. The molecule has 4 N–H and O–H groups in total. The minimum Gasteiger partial charge on any atom is -0.393 e. The number of nitrogens with two attached hydrogens (primary N) is 1. The van der Waals surface area contributed by atoms with Gasteiger partial charge in [-0.1, -0.05) is 13.8 Å². The summed E-state index contributed by atoms with van der Waals surface area (Å²) in [6.07, 6.45) is 1.67. The van der Waals surface area contributed by atoms with E-state index in [1.807, 2.05) is 6.92 Å². The van der Waals surface area contributed by atoms with Gasteiger partial charge >= 0.3 is 0 Å². The Hall–Kier alpha value is -0.610. The van der Waals surface area contributed by atoms with E-state index < -0.39 is 0 Å². The first-order valence-electron chi connectivity index (χ1n) is 6.52. The molecule has 0 saturated heterocycles. The fourth-order valence-electron chi connectivity index (χ4n) is 2.10. The summed E-state index contributed by atoms with van der Waals surface area (Å²) in [7, 11) is 0. The molecule has 0 bridgehead atoms. The summed E-state index contributed by atoms with van der Waals surface area (Å²) in [4.78, 5) is 11.7. The van der Waals surface area contributed by atoms with E-state index in [9.17, 15) is 9.90 Å². The Labute approximate surface area is 105 Å². The van der Waals surface area contributed by atoms with Gasteiger partial charge in [0.05, 0.1) is 6.10 Å². The van der Waals surface area contributed by atoms with Crippen LogP contribution in [0.4, 0.5) is 0 Å². The maximum absolute atomic E-state index is 11.7. The molecule has 1 amide bonds. The van der Waals surface area contributed by atoms with Gasteiger partial charge in [0, 0.05) is 12.5 Å². The molecule has 0 aliphatic rings. The monoisotopic (exact) mass is 244 g/mol. The van der Waals surface area contributed by atoms with Gasteiger partial charge in [-0.15, -0.1) is 0 Å². The van der Waals surface area contributed by atoms with Crippen molar-refractivity contribution in [3.8, 4) is 0 Å². The van der Waals surface area contributed by atoms with Crippen LogP contribution in [-0.2, 0) is 4.79 Å². The maximum Gasteiger partial charge on any atom is 0.220 e. The Morgan fingerprint density at radius 1 is 1.24 bits per heavy atom. The highest BCUT2D eigenvalue weighted by Gasteiger charge is 2.16. The van der Waals surface area contributed by atoms with Crippen LogP contribution < -0.4 is 11.1 Å². The summed E-state index contributed by atoms with van der Waals surface area (Å²) in [6, 6.07) is 0.0139. The van der Waals surface area contributed by atoms with Gasteiger partial charge in [0.25, 0.3) is 0 Å². The molecule has 0 rings (SSSR count). The minimum absolute atomic E-state index is 0.0139. The predicted molar refractivity (Wildman–Crippen MR) is 70.5 cm³/mol. The first kappa shape index (κ1) is 16.4. The number of hydrogen-bond acceptors (Lipinski definition) is 3. The average molecular weight is 244 g/mol. The normalized spacial score (nSPS) is 16.6. The van der Waals surface area contributed by atoms with Gasteiger partial charge in [-0.2, -0.15) is 0 Å². The van der Waals surface area contributed by atoms with Gasteiger partial charge in [-0.25, -0.2) is 0 Å². The SMILES string of the molecule is CC(C)C[C@H](CN)CC(=O)NC(C)CC(C)O. The van der Waals surface area contributed by atoms with Crippen molar-refractivity contribution >= 4 is 5.91 Å². The van der Waals surface area contributed by atoms with Crippen LogP contribution in [0.2, 0.25) is 0 Å². The number of hydrogen-bond donors (Lipinski definition) is 3. The zero-order valence-corrected chi connectivity index (χ0v) is 11.6. The van der Waals surface area contributed by atoms with E-state index in [4.69, 9.17) is 5.73 Å². The molecule has 2 unspecified atom stereocenters. The summed E-state index contributed by atoms with van der Waals surface area (Å²) < 4.78 is 0. The highest BCUT2D eigenvalue weighted by molar-refractivity contribution is 5.76. The highest BCUT2D eigenvalue weighted by atomic mass is 16.3. The lowest BCUT2D eigenvalue weighted by atomic mass is 9.94. The van der Waals surface area contributed by atoms with Crippen molar-refractivity contribution in [2.75, 3.05) is 6.54 Å². The van der Waals surface area contributed by atoms with E-state index >= 15 is 0 Å². The molecule has 0 aliphatic heterocycles. The van der Waals surface area contributed by atoms with Crippen LogP contribution in [-0.4, -0.2) is 29.7 Å². The Morgan fingerprint density at radius 2 is 1.82 bits per heavy atom. The Morgan fingerprint density at radius 3 is 2.24 bits per heavy atom. The van der Waals surface area contributed by atoms with Gasteiger partial charge in [0.15, 0.2) is 0 Å². The summed E-state index contributed by atoms with van der Waals surface area (Å²) >= 11 is 0. The number of rotatable bonds is 8. The molecular formula is C13H28N2O2. The second kappa shape index (κ2) is 8.48. The summed E-state index contributed by atoms with van der Waals surface area (Å²) in [5.74, 6) is 0.856. The molecule has 0 fully saturated rings. The predicted octanol–water partition coefficient (Wildman–Crippen LogP) is 1.27. The van der Waals surface area contributed by atoms with E-state index in [1.165, 1.54) is 0 Å². The van der Waals surface area contributed by atoms with Crippen LogP contribution in [0, 0.1) is 11.8 Å². The molecule has 0 aromatic rings. The molecule has 0 aromatic carbocycles. The van der Waals surface area contributed by atoms with Crippen LogP contribution >= 0.6 is 0 Å². The van der Waals surface area contributed by atoms with Gasteiger partial charge in [0.2, 0.25) is 5.91 Å². The van der Waals surface area contributed by atoms with Crippen LogP contribution in [0.15, 0.2) is 0 Å². The molecule has 0 heterocycles. The third-order valence-corrected chi connectivity index (χ3v) is 2.71. The van der Waals surface area contributed by atoms with Crippen LogP contribution in [0.5, 0.6) is 0 Å². The lowest BCUT2D eigenvalue weighted by molar-refractivity contribution is -0.122. The van der Waals surface area contributed by atoms with Crippen LogP contribution in [0.25, 0.3) is 0 Å². The number of amides is 1. The van der Waals surface area contributed by atoms with E-state index in [-0.39, 0.29) is 24.0 Å². The number of carbonyl (C=O) groups is 1. The molecule has 0 spiro atoms. The van der Waals surface area contributed by atoms with Crippen LogP contribution in [0.1, 0.15) is 47.0 Å². The largest absolute Gasteiger partial charge is 0.393 e. The third kappa shape index (κ3) is 9.12. The topological polar surface area (TPSA) is 75.4 Å². The summed E-state index contributed by atoms with van der Waals surface area (Å²) in [6.45, 7) is 8.46. The fraction of sp³-hybridized carbons (Fsp3) is 0.923. The molecule has 102 valence electrons. The zero-order chi connectivity index (χ0) is 13.4. The van der Waals surface area contributed by atoms with Crippen molar-refractivity contribution in [1.82, 2.24) is 5.32 Å². The molecular weight excluding hydrogens is 216 g/mol. The minimum atomic E-state index is -0.383. The number of aliphatic hydroxyl groups excluding tert-OH is 1. The van der Waals surface area contributed by atoms with Crippen molar-refractivity contribution in [3.63, 3.8) is 0 Å². The lowest BCUT2D eigenvalue weighted by Crippen LogP contribution is -2.36. The first-order valence-corrected chi connectivity index (χ1v) is 6.52. The highest BCUT2D eigenvalue weighted by Crippen LogP contribution is 2.14. The number of nitrogens with one attached hydrogen (secondary N) is 1. The van der Waals surface area contributed by atoms with Gasteiger partial charge < -0.3 is 16.2 Å². The first-order chi connectivity index (χ1) is 7.85. The second-order valence-corrected chi connectivity index (χ2v) is 5.49. The Balaban J connectivity index is 3.97. The van der Waals surface area contributed by atoms with Crippen molar-refractivity contribution < 1.29 is 9.90 Å². The van der Waals surface area contributed by atoms with Crippen molar-refractivity contribution in [2.45, 2.75) is 59.1 Å². The van der Waals surface area contributed by atoms with Crippen molar-refractivity contribution in [3.05, 3.63) is 0 Å². The van der Waals surface area contributed by atoms with E-state index in [2.05, 4.69) is 19.2 Å². The molecule has 17 heavy (non-hydrogen) atoms. The van der Waals surface area contributed by atoms with Crippen molar-refractivity contribution in [1.29, 1.82) is 0 Å². The Bertz CT molecular complexity index is 217. The number of carbonyl (C=O) groups excluding carboxylic acids is 1. The smallest absolute Gasteiger partial charge is 0.220 e. The number of aliphatic hydroxyl groups is 1. The lowest BCUT2D eigenvalue weighted by Gasteiger charge is -2.19. The van der Waals surface area contributed by atoms with Crippen molar-refractivity contribution in [2.24, 2.45) is 17.6 Å². The van der Waals surface area contributed by atoms with Crippen LogP contribution in [0.3, 0.4) is 0 Å². The standard InChI is InChI=1S/C13H28N2O2/c1-9(2)5-12(8-14)7-13(17)15-10(3)6-11(4)16/h9-12,16H,5-8,14H2,1-4H3,(H,15,17)/t10?,11?,12-/m0/s1. The van der Waals surface area contributed by atoms with E-state index in [0.717, 1.165) is 6.42 Å². The van der Waals surface area contributed by atoms with E-state index in [0.29, 0.717) is 25.3 Å².